The lowest BCUT2D eigenvalue weighted by Crippen LogP contribution is -2.30. The third-order valence-corrected chi connectivity index (χ3v) is 9.76. The summed E-state index contributed by atoms with van der Waals surface area (Å²) >= 11 is 0. The number of anilines is 1. The van der Waals surface area contributed by atoms with Crippen molar-refractivity contribution in [3.63, 3.8) is 0 Å². The smallest absolute Gasteiger partial charge is 0.282 e. The number of pyridine rings is 2. The van der Waals surface area contributed by atoms with Crippen LogP contribution in [0.25, 0.3) is 27.6 Å². The third-order valence-electron chi connectivity index (χ3n) is 9.76. The number of halogens is 1. The number of likely N-dealkylation sites (tertiary alicyclic amines) is 1. The van der Waals surface area contributed by atoms with Crippen molar-refractivity contribution in [3.05, 3.63) is 115 Å². The summed E-state index contributed by atoms with van der Waals surface area (Å²) in [6.07, 6.45) is 7.02. The fourth-order valence-electron chi connectivity index (χ4n) is 7.10. The average molecular weight is 635 g/mol. The van der Waals surface area contributed by atoms with Gasteiger partial charge in [0.05, 0.1) is 23.4 Å². The van der Waals surface area contributed by atoms with Crippen LogP contribution in [0.1, 0.15) is 67.5 Å². The van der Waals surface area contributed by atoms with E-state index in [0.717, 1.165) is 47.2 Å². The van der Waals surface area contributed by atoms with E-state index >= 15 is 4.39 Å². The molecule has 2 atom stereocenters. The Balaban J connectivity index is 1.32. The van der Waals surface area contributed by atoms with Crippen molar-refractivity contribution in [2.24, 2.45) is 0 Å². The largest absolute Gasteiger partial charge is 0.392 e. The Morgan fingerprint density at radius 2 is 1.79 bits per heavy atom. The fraction of sp³-hybridized carbons (Fsp3) is 0.351. The highest BCUT2D eigenvalue weighted by molar-refractivity contribution is 5.83. The number of nitrogens with zero attached hydrogens (tertiary/aromatic N) is 5. The first-order valence-corrected chi connectivity index (χ1v) is 16.1. The number of aliphatic hydroxyl groups is 1. The first kappa shape index (κ1) is 31.0. The number of benzene rings is 2. The molecule has 1 aliphatic heterocycles. The van der Waals surface area contributed by atoms with Crippen LogP contribution >= 0.6 is 0 Å². The molecule has 2 aliphatic rings. The summed E-state index contributed by atoms with van der Waals surface area (Å²) in [6.45, 7) is 8.79. The molecule has 0 saturated carbocycles. The molecule has 10 heteroatoms. The summed E-state index contributed by atoms with van der Waals surface area (Å²) < 4.78 is 18.1. The maximum Gasteiger partial charge on any atom is 0.282 e. The number of aliphatic hydroxyl groups excluding tert-OH is 1. The summed E-state index contributed by atoms with van der Waals surface area (Å²) in [5.41, 5.74) is 7.86. The Hall–Kier alpha value is -4.67. The maximum absolute atomic E-state index is 15.5. The van der Waals surface area contributed by atoms with Gasteiger partial charge in [-0.2, -0.15) is 9.78 Å². The second-order valence-electron chi connectivity index (χ2n) is 13.9. The van der Waals surface area contributed by atoms with Crippen LogP contribution in [-0.4, -0.2) is 49.1 Å². The number of fused-ring (bicyclic) bond motifs is 4. The van der Waals surface area contributed by atoms with Gasteiger partial charge in [-0.15, -0.1) is 0 Å². The summed E-state index contributed by atoms with van der Waals surface area (Å²) in [5, 5.41) is 16.1. The highest BCUT2D eigenvalue weighted by atomic mass is 19.1. The summed E-state index contributed by atoms with van der Waals surface area (Å²) in [5.74, 6) is -0.0642. The van der Waals surface area contributed by atoms with Gasteiger partial charge in [0.2, 0.25) is 0 Å². The number of nitrogens with one attached hydrogen (secondary N) is 1. The molecule has 1 aliphatic carbocycles. The zero-order valence-corrected chi connectivity index (χ0v) is 27.3. The molecule has 9 nitrogen and oxygen atoms in total. The van der Waals surface area contributed by atoms with Crippen molar-refractivity contribution in [2.75, 3.05) is 19.0 Å². The number of hydrogen-bond donors (Lipinski definition) is 2. The van der Waals surface area contributed by atoms with E-state index in [4.69, 9.17) is 0 Å². The van der Waals surface area contributed by atoms with Crippen LogP contribution in [0.4, 0.5) is 10.2 Å². The van der Waals surface area contributed by atoms with Gasteiger partial charge in [-0.1, -0.05) is 39.0 Å². The van der Waals surface area contributed by atoms with Crippen LogP contribution in [-0.2, 0) is 18.3 Å². The van der Waals surface area contributed by atoms with Gasteiger partial charge in [-0.3, -0.25) is 19.9 Å². The van der Waals surface area contributed by atoms with Gasteiger partial charge in [0.25, 0.3) is 11.1 Å². The minimum Gasteiger partial charge on any atom is -0.392 e. The van der Waals surface area contributed by atoms with Crippen molar-refractivity contribution in [1.82, 2.24) is 24.3 Å². The Bertz CT molecular complexity index is 2150. The zero-order valence-electron chi connectivity index (χ0n) is 27.3. The van der Waals surface area contributed by atoms with Gasteiger partial charge in [-0.25, -0.2) is 14.1 Å². The Labute approximate surface area is 272 Å². The van der Waals surface area contributed by atoms with E-state index in [2.05, 4.69) is 27.5 Å². The number of rotatable bonds is 4. The molecule has 2 N–H and O–H groups in total. The second-order valence-corrected chi connectivity index (χ2v) is 13.9. The monoisotopic (exact) mass is 634 g/mol. The molecule has 0 bridgehead atoms. The summed E-state index contributed by atoms with van der Waals surface area (Å²) in [7, 11) is 2.12. The minimum absolute atomic E-state index is 0.0350. The molecule has 4 heterocycles. The second kappa shape index (κ2) is 11.5. The van der Waals surface area contributed by atoms with Crippen molar-refractivity contribution >= 4 is 16.6 Å². The third kappa shape index (κ3) is 5.45. The first-order chi connectivity index (χ1) is 22.4. The van der Waals surface area contributed by atoms with Crippen molar-refractivity contribution in [2.45, 2.75) is 70.9 Å². The van der Waals surface area contributed by atoms with Gasteiger partial charge in [-0.05, 0) is 97.3 Å². The van der Waals surface area contributed by atoms with Crippen LogP contribution in [0, 0.1) is 12.7 Å². The lowest BCUT2D eigenvalue weighted by molar-refractivity contribution is 0.176. The summed E-state index contributed by atoms with van der Waals surface area (Å²) in [6, 6.07) is 13.0. The molecule has 1 fully saturated rings. The van der Waals surface area contributed by atoms with E-state index in [0.29, 0.717) is 34.1 Å². The van der Waals surface area contributed by atoms with Crippen molar-refractivity contribution in [1.29, 1.82) is 0 Å². The molecule has 5 aromatic rings. The van der Waals surface area contributed by atoms with Gasteiger partial charge < -0.3 is 5.11 Å². The van der Waals surface area contributed by atoms with Crippen LogP contribution in [0.5, 0.6) is 0 Å². The average Bonchev–Trinajstić information content (AvgIpc) is 3.40. The molecule has 1 unspecified atom stereocenters. The van der Waals surface area contributed by atoms with Gasteiger partial charge in [0.1, 0.15) is 11.6 Å². The Kier molecular flexibility index (Phi) is 7.60. The molecule has 2 aromatic carbocycles. The van der Waals surface area contributed by atoms with Crippen LogP contribution in [0.3, 0.4) is 0 Å². The quantitative estimate of drug-likeness (QED) is 0.271. The van der Waals surface area contributed by atoms with E-state index in [1.165, 1.54) is 21.6 Å². The van der Waals surface area contributed by atoms with Gasteiger partial charge in [0.15, 0.2) is 0 Å². The van der Waals surface area contributed by atoms with Crippen molar-refractivity contribution in [3.8, 4) is 16.8 Å². The molecule has 47 heavy (non-hydrogen) atoms. The Morgan fingerprint density at radius 3 is 2.49 bits per heavy atom. The highest BCUT2D eigenvalue weighted by Crippen LogP contribution is 2.36. The van der Waals surface area contributed by atoms with E-state index in [1.54, 1.807) is 19.2 Å². The van der Waals surface area contributed by atoms with Gasteiger partial charge in [0, 0.05) is 41.4 Å². The van der Waals surface area contributed by atoms with E-state index in [9.17, 15) is 14.7 Å². The molecule has 0 amide bonds. The predicted octanol–water partition coefficient (Wildman–Crippen LogP) is 5.46. The SMILES string of the molecule is Cc1c2c(cn(Nc3ccc([C@@H]4CCCN4C)cn3)c1=O)-c1cccc(-n3ncc4cc(C(C)(C)C)cc(F)c4c3=O)c1CC(O)C2. The van der Waals surface area contributed by atoms with Gasteiger partial charge >= 0.3 is 0 Å². The highest BCUT2D eigenvalue weighted by Gasteiger charge is 2.28. The molecule has 7 rings (SSSR count). The maximum atomic E-state index is 15.5. The topological polar surface area (TPSA) is 105 Å². The van der Waals surface area contributed by atoms with Crippen LogP contribution in [0.2, 0.25) is 0 Å². The molecule has 3 aromatic heterocycles. The van der Waals surface area contributed by atoms with Crippen LogP contribution < -0.4 is 16.5 Å². The zero-order chi connectivity index (χ0) is 33.2. The lowest BCUT2D eigenvalue weighted by Gasteiger charge is -2.20. The van der Waals surface area contributed by atoms with Crippen molar-refractivity contribution < 1.29 is 9.50 Å². The predicted molar refractivity (Wildman–Crippen MR) is 182 cm³/mol. The molecular formula is C37H39FN6O3. The van der Waals surface area contributed by atoms with E-state index in [1.807, 2.05) is 57.3 Å². The molecule has 242 valence electrons. The molecular weight excluding hydrogens is 595 g/mol. The van der Waals surface area contributed by atoms with E-state index < -0.39 is 17.5 Å². The minimum atomic E-state index is -0.816. The summed E-state index contributed by atoms with van der Waals surface area (Å²) in [4.78, 5) is 34.3. The first-order valence-electron chi connectivity index (χ1n) is 16.1. The fourth-order valence-corrected chi connectivity index (χ4v) is 7.10. The van der Waals surface area contributed by atoms with E-state index in [-0.39, 0.29) is 29.2 Å². The van der Waals surface area contributed by atoms with Crippen LogP contribution in [0.15, 0.2) is 70.6 Å². The number of aromatic nitrogens is 4. The standard InChI is InChI=1S/C37H39FN6O3/c1-21-27-16-25(45)17-28-26(29(27)20-43(35(21)46)41-33-12-11-22(18-39-33)31-10-7-13-42(31)5)8-6-9-32(28)44-36(47)34-23(19-40-44)14-24(15-30(34)38)37(2,3)4/h6,8-9,11-12,14-15,18-20,25,31,45H,7,10,13,16-17H2,1-5H3,(H,39,41)/t25?,31-/m0/s1. The molecule has 0 spiro atoms. The normalized spacial score (nSPS) is 18.2. The Morgan fingerprint density at radius 1 is 1.00 bits per heavy atom. The lowest BCUT2D eigenvalue weighted by atomic mass is 9.86. The molecule has 1 saturated heterocycles. The number of hydrogen-bond acceptors (Lipinski definition) is 7. The molecule has 0 radical (unpaired) electrons.